The zero-order valence-electron chi connectivity index (χ0n) is 4.32. The van der Waals surface area contributed by atoms with Gasteiger partial charge in [0.2, 0.25) is 0 Å². The zero-order valence-corrected chi connectivity index (χ0v) is 6.32. The summed E-state index contributed by atoms with van der Waals surface area (Å²) >= 11 is 0. The van der Waals surface area contributed by atoms with Gasteiger partial charge in [-0.25, -0.2) is 0 Å². The van der Waals surface area contributed by atoms with E-state index in [2.05, 4.69) is 4.74 Å². The molecular formula is C3H6NaO2. The third-order valence-corrected chi connectivity index (χ3v) is 0.287. The smallest absolute Gasteiger partial charge is 0.302 e. The molecule has 0 amide bonds. The van der Waals surface area contributed by atoms with E-state index in [1.54, 1.807) is 0 Å². The van der Waals surface area contributed by atoms with Crippen molar-refractivity contribution >= 4 is 35.5 Å². The Morgan fingerprint density at radius 1 is 1.67 bits per heavy atom. The Bertz CT molecular complexity index is 44.1. The Kier molecular flexibility index (Phi) is 8.83. The number of rotatable bonds is 0. The van der Waals surface area contributed by atoms with Gasteiger partial charge in [0.1, 0.15) is 0 Å². The predicted octanol–water partition coefficient (Wildman–Crippen LogP) is -0.202. The fraction of sp³-hybridized carbons (Fsp3) is 0.667. The number of carbonyl (C=O) groups is 1. The van der Waals surface area contributed by atoms with Crippen molar-refractivity contribution in [2.45, 2.75) is 6.92 Å². The molecule has 0 heterocycles. The van der Waals surface area contributed by atoms with Crippen LogP contribution in [-0.2, 0) is 9.53 Å². The SMILES string of the molecule is COC(C)=O.[Na]. The first-order valence-corrected chi connectivity index (χ1v) is 1.32. The van der Waals surface area contributed by atoms with Gasteiger partial charge >= 0.3 is 5.97 Å². The van der Waals surface area contributed by atoms with E-state index in [0.29, 0.717) is 0 Å². The Balaban J connectivity index is 0. The molecule has 0 unspecified atom stereocenters. The molecule has 0 aromatic carbocycles. The van der Waals surface area contributed by atoms with Crippen molar-refractivity contribution in [3.05, 3.63) is 0 Å². The average molecular weight is 97.1 g/mol. The van der Waals surface area contributed by atoms with Gasteiger partial charge in [-0.2, -0.15) is 0 Å². The molecule has 0 saturated carbocycles. The first-order chi connectivity index (χ1) is 2.27. The quantitative estimate of drug-likeness (QED) is 0.309. The summed E-state index contributed by atoms with van der Waals surface area (Å²) in [6.45, 7) is 1.36. The van der Waals surface area contributed by atoms with Crippen molar-refractivity contribution < 1.29 is 9.53 Å². The van der Waals surface area contributed by atoms with Gasteiger partial charge in [0.05, 0.1) is 7.11 Å². The maximum absolute atomic E-state index is 9.59. The number of hydrogen-bond donors (Lipinski definition) is 0. The molecule has 0 aliphatic heterocycles. The molecule has 0 rings (SSSR count). The van der Waals surface area contributed by atoms with Crippen LogP contribution in [0.15, 0.2) is 0 Å². The maximum Gasteiger partial charge on any atom is 0.302 e. The molecule has 0 spiro atoms. The summed E-state index contributed by atoms with van der Waals surface area (Å²) in [5, 5.41) is 0. The van der Waals surface area contributed by atoms with E-state index in [4.69, 9.17) is 0 Å². The number of carbonyl (C=O) groups excluding carboxylic acids is 1. The summed E-state index contributed by atoms with van der Waals surface area (Å²) in [6, 6.07) is 0. The van der Waals surface area contributed by atoms with Crippen molar-refractivity contribution in [1.29, 1.82) is 0 Å². The Morgan fingerprint density at radius 2 is 1.83 bits per heavy atom. The van der Waals surface area contributed by atoms with Crippen LogP contribution < -0.4 is 0 Å². The van der Waals surface area contributed by atoms with Crippen LogP contribution in [0.25, 0.3) is 0 Å². The van der Waals surface area contributed by atoms with Gasteiger partial charge in [-0.1, -0.05) is 0 Å². The van der Waals surface area contributed by atoms with Gasteiger partial charge in [-0.15, -0.1) is 0 Å². The second kappa shape index (κ2) is 5.47. The second-order valence-corrected chi connectivity index (χ2v) is 0.696. The first kappa shape index (κ1) is 9.69. The molecular weight excluding hydrogens is 91.0 g/mol. The normalized spacial score (nSPS) is 5.67. The summed E-state index contributed by atoms with van der Waals surface area (Å²) in [6.07, 6.45) is 0. The monoisotopic (exact) mass is 97.0 g/mol. The van der Waals surface area contributed by atoms with Crippen LogP contribution in [0, 0.1) is 0 Å². The third kappa shape index (κ3) is 8.82. The molecule has 0 fully saturated rings. The van der Waals surface area contributed by atoms with Gasteiger partial charge in [0.15, 0.2) is 0 Å². The van der Waals surface area contributed by atoms with Crippen LogP contribution in [0.3, 0.4) is 0 Å². The summed E-state index contributed by atoms with van der Waals surface area (Å²) in [7, 11) is 1.35. The van der Waals surface area contributed by atoms with Crippen LogP contribution in [0.1, 0.15) is 6.92 Å². The van der Waals surface area contributed by atoms with E-state index >= 15 is 0 Å². The summed E-state index contributed by atoms with van der Waals surface area (Å²) < 4.78 is 4.11. The Hall–Kier alpha value is 0.470. The third-order valence-electron chi connectivity index (χ3n) is 0.287. The van der Waals surface area contributed by atoms with Gasteiger partial charge in [0, 0.05) is 36.5 Å². The number of esters is 1. The van der Waals surface area contributed by atoms with Crippen LogP contribution in [0.2, 0.25) is 0 Å². The van der Waals surface area contributed by atoms with E-state index in [1.807, 2.05) is 0 Å². The fourth-order valence-electron chi connectivity index (χ4n) is 0. The Morgan fingerprint density at radius 3 is 1.83 bits per heavy atom. The van der Waals surface area contributed by atoms with Crippen LogP contribution >= 0.6 is 0 Å². The van der Waals surface area contributed by atoms with Gasteiger partial charge in [-0.05, 0) is 0 Å². The largest absolute Gasteiger partial charge is 0.469 e. The zero-order chi connectivity index (χ0) is 4.28. The van der Waals surface area contributed by atoms with Crippen molar-refractivity contribution in [1.82, 2.24) is 0 Å². The maximum atomic E-state index is 9.59. The first-order valence-electron chi connectivity index (χ1n) is 1.32. The number of ether oxygens (including phenoxy) is 1. The molecule has 31 valence electrons. The van der Waals surface area contributed by atoms with Crippen molar-refractivity contribution in [2.75, 3.05) is 7.11 Å². The standard InChI is InChI=1S/C3H6O2.Na/c1-3(4)5-2;/h1-2H3;. The summed E-state index contributed by atoms with van der Waals surface area (Å²) in [5.74, 6) is -0.245. The minimum Gasteiger partial charge on any atom is -0.469 e. The van der Waals surface area contributed by atoms with Crippen molar-refractivity contribution in [3.8, 4) is 0 Å². The van der Waals surface area contributed by atoms with Crippen LogP contribution in [0.5, 0.6) is 0 Å². The Labute approximate surface area is 59.2 Å². The van der Waals surface area contributed by atoms with Gasteiger partial charge in [-0.3, -0.25) is 4.79 Å². The molecule has 0 N–H and O–H groups in total. The van der Waals surface area contributed by atoms with E-state index < -0.39 is 0 Å². The molecule has 0 aliphatic rings. The molecule has 0 aromatic heterocycles. The minimum absolute atomic E-state index is 0. The van der Waals surface area contributed by atoms with E-state index in [0.717, 1.165) is 0 Å². The van der Waals surface area contributed by atoms with Crippen LogP contribution in [-0.4, -0.2) is 42.6 Å². The molecule has 3 heteroatoms. The van der Waals surface area contributed by atoms with E-state index in [1.165, 1.54) is 14.0 Å². The number of methoxy groups -OCH3 is 1. The predicted molar refractivity (Wildman–Crippen MR) is 23.4 cm³/mol. The molecule has 0 aliphatic carbocycles. The summed E-state index contributed by atoms with van der Waals surface area (Å²) in [5.41, 5.74) is 0. The van der Waals surface area contributed by atoms with Gasteiger partial charge < -0.3 is 4.74 Å². The van der Waals surface area contributed by atoms with Crippen LogP contribution in [0.4, 0.5) is 0 Å². The molecule has 6 heavy (non-hydrogen) atoms. The molecule has 0 aromatic rings. The molecule has 0 saturated heterocycles. The molecule has 2 nitrogen and oxygen atoms in total. The summed E-state index contributed by atoms with van der Waals surface area (Å²) in [4.78, 5) is 9.59. The van der Waals surface area contributed by atoms with Crippen molar-refractivity contribution in [3.63, 3.8) is 0 Å². The van der Waals surface area contributed by atoms with E-state index in [-0.39, 0.29) is 35.5 Å². The number of hydrogen-bond acceptors (Lipinski definition) is 2. The molecule has 0 atom stereocenters. The van der Waals surface area contributed by atoms with Crippen molar-refractivity contribution in [2.24, 2.45) is 0 Å². The average Bonchev–Trinajstić information content (AvgIpc) is 1.38. The molecule has 0 bridgehead atoms. The topological polar surface area (TPSA) is 26.3 Å². The second-order valence-electron chi connectivity index (χ2n) is 0.696. The van der Waals surface area contributed by atoms with Gasteiger partial charge in [0.25, 0.3) is 0 Å². The minimum atomic E-state index is -0.245. The fourth-order valence-corrected chi connectivity index (χ4v) is 0. The van der Waals surface area contributed by atoms with E-state index in [9.17, 15) is 4.79 Å². The molecule has 1 radical (unpaired) electrons.